The summed E-state index contributed by atoms with van der Waals surface area (Å²) >= 11 is 0. The molecule has 0 aliphatic heterocycles. The van der Waals surface area contributed by atoms with Gasteiger partial charge in [0.15, 0.2) is 0 Å². The molecule has 0 saturated carbocycles. The highest BCUT2D eigenvalue weighted by Crippen LogP contribution is 2.08. The zero-order valence-electron chi connectivity index (χ0n) is 24.9. The van der Waals surface area contributed by atoms with Crippen LogP contribution in [0.2, 0.25) is 0 Å². The van der Waals surface area contributed by atoms with E-state index in [0.717, 1.165) is 32.1 Å². The third-order valence-electron chi connectivity index (χ3n) is 6.98. The number of anilines is 1. The normalized spacial score (nSPS) is 11.5. The molecular weight excluding hydrogens is 542 g/mol. The number of aryl methyl sites for hydroxylation is 1. The number of rotatable bonds is 18. The molecule has 2 rings (SSSR count). The van der Waals surface area contributed by atoms with Crippen molar-refractivity contribution in [2.45, 2.75) is 78.3 Å². The molecule has 0 bridgehead atoms. The van der Waals surface area contributed by atoms with Crippen LogP contribution in [0.25, 0.3) is 0 Å². The first-order valence-electron chi connectivity index (χ1n) is 14.5. The number of Topliss-reactive ketones (excluding diaryl/α,β-unsaturated/α-hetero) is 1. The van der Waals surface area contributed by atoms with Crippen LogP contribution in [0.1, 0.15) is 76.2 Å². The molecule has 4 N–H and O–H groups in total. The first-order chi connectivity index (χ1) is 20.1. The van der Waals surface area contributed by atoms with Gasteiger partial charge in [-0.25, -0.2) is 4.98 Å². The number of hydrogen-bond acceptors (Lipinski definition) is 7. The van der Waals surface area contributed by atoms with Gasteiger partial charge in [0.2, 0.25) is 17.6 Å². The quantitative estimate of drug-likeness (QED) is 0.152. The summed E-state index contributed by atoms with van der Waals surface area (Å²) in [6.45, 7) is 6.76. The van der Waals surface area contributed by atoms with Gasteiger partial charge >= 0.3 is 0 Å². The van der Waals surface area contributed by atoms with Crippen molar-refractivity contribution < 1.29 is 24.0 Å². The minimum atomic E-state index is -1.25. The summed E-state index contributed by atoms with van der Waals surface area (Å²) in [6.07, 6.45) is 8.17. The summed E-state index contributed by atoms with van der Waals surface area (Å²) in [7, 11) is 1.61. The Morgan fingerprint density at radius 1 is 1.02 bits per heavy atom. The van der Waals surface area contributed by atoms with Crippen molar-refractivity contribution in [3.63, 3.8) is 0 Å². The summed E-state index contributed by atoms with van der Waals surface area (Å²) in [5.74, 6) is -2.84. The van der Waals surface area contributed by atoms with Crippen LogP contribution in [0.4, 0.5) is 5.69 Å². The van der Waals surface area contributed by atoms with Crippen LogP contribution in [-0.2, 0) is 32.8 Å². The molecule has 0 fully saturated rings. The first-order valence-corrected chi connectivity index (χ1v) is 14.5. The highest BCUT2D eigenvalue weighted by Gasteiger charge is 2.26. The molecule has 2 aromatic rings. The highest BCUT2D eigenvalue weighted by molar-refractivity contribution is 6.36. The Bertz CT molecular complexity index is 1280. The van der Waals surface area contributed by atoms with Crippen molar-refractivity contribution in [1.29, 1.82) is 0 Å². The SMILES string of the molecule is CCCCCNC(=O)C(=O)CCC(NC(=O)c1cncn1C)C(=O)Nc1cccn(CC(=O)NCC(CC)CC)c1=O. The van der Waals surface area contributed by atoms with E-state index in [2.05, 4.69) is 26.3 Å². The van der Waals surface area contributed by atoms with Crippen molar-refractivity contribution >= 4 is 35.1 Å². The van der Waals surface area contributed by atoms with Crippen LogP contribution >= 0.6 is 0 Å². The molecule has 4 amide bonds. The first kappa shape index (κ1) is 33.9. The van der Waals surface area contributed by atoms with Gasteiger partial charge in [0, 0.05) is 32.8 Å². The number of unbranched alkanes of at least 4 members (excludes halogenated alkanes) is 2. The molecule has 1 unspecified atom stereocenters. The van der Waals surface area contributed by atoms with Gasteiger partial charge in [-0.2, -0.15) is 0 Å². The lowest BCUT2D eigenvalue weighted by Crippen LogP contribution is -2.46. The number of hydrogen-bond donors (Lipinski definition) is 4. The monoisotopic (exact) mass is 585 g/mol. The number of nitrogens with zero attached hydrogens (tertiary/aromatic N) is 3. The number of carbonyl (C=O) groups is 5. The van der Waals surface area contributed by atoms with Crippen LogP contribution < -0.4 is 26.8 Å². The van der Waals surface area contributed by atoms with Crippen molar-refractivity contribution in [1.82, 2.24) is 30.1 Å². The zero-order valence-corrected chi connectivity index (χ0v) is 24.9. The molecule has 0 radical (unpaired) electrons. The summed E-state index contributed by atoms with van der Waals surface area (Å²) in [5, 5.41) is 10.5. The van der Waals surface area contributed by atoms with Crippen molar-refractivity contribution in [2.24, 2.45) is 13.0 Å². The average molecular weight is 586 g/mol. The van der Waals surface area contributed by atoms with Crippen molar-refractivity contribution in [3.05, 3.63) is 46.9 Å². The van der Waals surface area contributed by atoms with E-state index in [-0.39, 0.29) is 36.7 Å². The van der Waals surface area contributed by atoms with Gasteiger partial charge in [-0.05, 0) is 30.9 Å². The number of carbonyl (C=O) groups excluding carboxylic acids is 5. The number of pyridine rings is 1. The zero-order chi connectivity index (χ0) is 31.1. The fraction of sp³-hybridized carbons (Fsp3) is 0.552. The Kier molecular flexibility index (Phi) is 14.1. The molecule has 1 atom stereocenters. The lowest BCUT2D eigenvalue weighted by molar-refractivity contribution is -0.138. The van der Waals surface area contributed by atoms with Crippen molar-refractivity contribution in [2.75, 3.05) is 18.4 Å². The predicted octanol–water partition coefficient (Wildman–Crippen LogP) is 1.53. The molecule has 13 nitrogen and oxygen atoms in total. The Labute approximate surface area is 245 Å². The summed E-state index contributed by atoms with van der Waals surface area (Å²) in [4.78, 5) is 80.1. The smallest absolute Gasteiger partial charge is 0.287 e. The average Bonchev–Trinajstić information content (AvgIpc) is 3.41. The van der Waals surface area contributed by atoms with E-state index in [4.69, 9.17) is 0 Å². The molecular formula is C29H43N7O6. The van der Waals surface area contributed by atoms with Crippen LogP contribution in [0.5, 0.6) is 0 Å². The van der Waals surface area contributed by atoms with Crippen LogP contribution in [0, 0.1) is 5.92 Å². The molecule has 42 heavy (non-hydrogen) atoms. The third kappa shape index (κ3) is 10.6. The largest absolute Gasteiger partial charge is 0.354 e. The van der Waals surface area contributed by atoms with Crippen LogP contribution in [0.3, 0.4) is 0 Å². The Morgan fingerprint density at radius 3 is 2.40 bits per heavy atom. The standard InChI is InChI=1S/C29H43N7O6/c1-5-8-9-14-31-28(41)24(37)13-12-21(33-27(40)23-17-30-19-35(23)4)26(39)34-22-11-10-15-36(29(22)42)18-25(38)32-16-20(6-2)7-3/h10-11,15,17,19-21H,5-9,12-14,16,18H2,1-4H3,(H,31,41)(H,32,38)(H,33,40)(H,34,39). The van der Waals surface area contributed by atoms with Gasteiger partial charge < -0.3 is 30.4 Å². The van der Waals surface area contributed by atoms with Gasteiger partial charge in [0.05, 0.1) is 12.5 Å². The van der Waals surface area contributed by atoms with Gasteiger partial charge in [0.25, 0.3) is 17.4 Å². The molecule has 0 spiro atoms. The minimum Gasteiger partial charge on any atom is -0.354 e. The van der Waals surface area contributed by atoms with Gasteiger partial charge in [-0.15, -0.1) is 0 Å². The fourth-order valence-electron chi connectivity index (χ4n) is 4.16. The maximum atomic E-state index is 13.3. The number of amides is 4. The fourth-order valence-corrected chi connectivity index (χ4v) is 4.16. The highest BCUT2D eigenvalue weighted by atomic mass is 16.2. The predicted molar refractivity (Wildman–Crippen MR) is 158 cm³/mol. The third-order valence-corrected chi connectivity index (χ3v) is 6.98. The lowest BCUT2D eigenvalue weighted by Gasteiger charge is -2.18. The number of ketones is 1. The maximum Gasteiger partial charge on any atom is 0.287 e. The molecule has 0 aliphatic carbocycles. The Hall–Kier alpha value is -4.29. The Morgan fingerprint density at radius 2 is 1.76 bits per heavy atom. The topological polar surface area (TPSA) is 173 Å². The summed E-state index contributed by atoms with van der Waals surface area (Å²) in [5.41, 5.74) is -0.535. The summed E-state index contributed by atoms with van der Waals surface area (Å²) < 4.78 is 2.64. The number of imidazole rings is 1. The molecule has 0 aliphatic rings. The maximum absolute atomic E-state index is 13.3. The lowest BCUT2D eigenvalue weighted by atomic mass is 10.0. The van der Waals surface area contributed by atoms with Gasteiger partial charge in [0.1, 0.15) is 24.0 Å². The van der Waals surface area contributed by atoms with E-state index in [9.17, 15) is 28.8 Å². The second kappa shape index (κ2) is 17.5. The second-order valence-electron chi connectivity index (χ2n) is 10.2. The minimum absolute atomic E-state index is 0.102. The Balaban J connectivity index is 2.13. The van der Waals surface area contributed by atoms with E-state index < -0.39 is 35.1 Å². The molecule has 230 valence electrons. The van der Waals surface area contributed by atoms with E-state index in [1.165, 1.54) is 40.0 Å². The van der Waals surface area contributed by atoms with Gasteiger partial charge in [-0.1, -0.05) is 46.5 Å². The van der Waals surface area contributed by atoms with Crippen molar-refractivity contribution in [3.8, 4) is 0 Å². The van der Waals surface area contributed by atoms with E-state index in [0.29, 0.717) is 19.0 Å². The molecule has 0 saturated heterocycles. The van der Waals surface area contributed by atoms with E-state index in [1.54, 1.807) is 7.05 Å². The molecule has 0 aromatic carbocycles. The number of aromatic nitrogens is 3. The van der Waals surface area contributed by atoms with E-state index in [1.807, 2.05) is 20.8 Å². The van der Waals surface area contributed by atoms with Crippen LogP contribution in [0.15, 0.2) is 35.6 Å². The number of nitrogens with one attached hydrogen (secondary N) is 4. The van der Waals surface area contributed by atoms with E-state index >= 15 is 0 Å². The van der Waals surface area contributed by atoms with Crippen LogP contribution in [-0.4, -0.2) is 62.7 Å². The second-order valence-corrected chi connectivity index (χ2v) is 10.2. The summed E-state index contributed by atoms with van der Waals surface area (Å²) in [6, 6.07) is 1.65. The molecule has 13 heteroatoms. The molecule has 2 heterocycles. The van der Waals surface area contributed by atoms with Gasteiger partial charge in [-0.3, -0.25) is 28.8 Å². The molecule has 2 aromatic heterocycles.